The molecule has 0 radical (unpaired) electrons. The number of ether oxygens (including phenoxy) is 3. The van der Waals surface area contributed by atoms with Crippen molar-refractivity contribution in [2.45, 2.75) is 51.6 Å². The molecule has 0 aliphatic heterocycles. The number of hydrogen-bond donors (Lipinski definition) is 0. The number of alkyl halides is 3. The van der Waals surface area contributed by atoms with Gasteiger partial charge in [-0.2, -0.15) is 13.2 Å². The van der Waals surface area contributed by atoms with E-state index in [-0.39, 0.29) is 17.1 Å². The van der Waals surface area contributed by atoms with Crippen LogP contribution in [0.3, 0.4) is 0 Å². The standard InChI is InChI=1S/C26H29F3O5/c1-2-3-4-5-6-7-18-32-24(30)17-10-20-8-13-23(14-9-20)34-25(31)21-11-15-22(16-12-21)33-19-26(27,28)29/h8-17H,2-7,18-19H2,1H3. The van der Waals surface area contributed by atoms with Gasteiger partial charge in [0.15, 0.2) is 6.61 Å². The van der Waals surface area contributed by atoms with Crippen LogP contribution in [0.1, 0.15) is 61.4 Å². The minimum Gasteiger partial charge on any atom is -0.484 e. The molecular weight excluding hydrogens is 449 g/mol. The lowest BCUT2D eigenvalue weighted by Gasteiger charge is -2.09. The quantitative estimate of drug-likeness (QED) is 0.138. The largest absolute Gasteiger partial charge is 0.484 e. The molecule has 0 fully saturated rings. The van der Waals surface area contributed by atoms with E-state index in [4.69, 9.17) is 9.47 Å². The Kier molecular flexibility index (Phi) is 11.2. The number of esters is 2. The summed E-state index contributed by atoms with van der Waals surface area (Å²) in [5.74, 6) is -0.795. The van der Waals surface area contributed by atoms with E-state index in [1.165, 1.54) is 49.6 Å². The lowest BCUT2D eigenvalue weighted by molar-refractivity contribution is -0.153. The van der Waals surface area contributed by atoms with Gasteiger partial charge in [-0.3, -0.25) is 0 Å². The van der Waals surface area contributed by atoms with Crippen molar-refractivity contribution >= 4 is 18.0 Å². The maximum absolute atomic E-state index is 12.2. The van der Waals surface area contributed by atoms with Gasteiger partial charge in [-0.1, -0.05) is 51.2 Å². The van der Waals surface area contributed by atoms with Crippen LogP contribution in [-0.2, 0) is 9.53 Å². The Bertz CT molecular complexity index is 919. The minimum atomic E-state index is -4.44. The summed E-state index contributed by atoms with van der Waals surface area (Å²) in [7, 11) is 0. The molecular formula is C26H29F3O5. The van der Waals surface area contributed by atoms with Crippen LogP contribution < -0.4 is 9.47 Å². The highest BCUT2D eigenvalue weighted by atomic mass is 19.4. The third-order valence-electron chi connectivity index (χ3n) is 4.74. The number of rotatable bonds is 13. The Morgan fingerprint density at radius 1 is 0.853 bits per heavy atom. The van der Waals surface area contributed by atoms with E-state index in [2.05, 4.69) is 11.7 Å². The number of hydrogen-bond acceptors (Lipinski definition) is 5. The zero-order valence-corrected chi connectivity index (χ0v) is 19.1. The smallest absolute Gasteiger partial charge is 0.422 e. The van der Waals surface area contributed by atoms with Crippen LogP contribution in [0, 0.1) is 0 Å². The van der Waals surface area contributed by atoms with E-state index in [9.17, 15) is 22.8 Å². The molecule has 0 N–H and O–H groups in total. The van der Waals surface area contributed by atoms with Crippen molar-refractivity contribution in [2.24, 2.45) is 0 Å². The van der Waals surface area contributed by atoms with Gasteiger partial charge < -0.3 is 14.2 Å². The van der Waals surface area contributed by atoms with Crippen molar-refractivity contribution in [3.05, 3.63) is 65.7 Å². The summed E-state index contributed by atoms with van der Waals surface area (Å²) in [6.45, 7) is 1.16. The van der Waals surface area contributed by atoms with Crippen molar-refractivity contribution in [3.8, 4) is 11.5 Å². The molecule has 184 valence electrons. The third kappa shape index (κ3) is 11.0. The Morgan fingerprint density at radius 3 is 2.12 bits per heavy atom. The van der Waals surface area contributed by atoms with Gasteiger partial charge in [0.1, 0.15) is 11.5 Å². The number of halogens is 3. The minimum absolute atomic E-state index is 0.00415. The molecule has 0 atom stereocenters. The second-order valence-electron chi connectivity index (χ2n) is 7.66. The van der Waals surface area contributed by atoms with Crippen LogP contribution in [0.2, 0.25) is 0 Å². The van der Waals surface area contributed by atoms with Crippen molar-refractivity contribution in [1.29, 1.82) is 0 Å². The Morgan fingerprint density at radius 2 is 1.47 bits per heavy atom. The van der Waals surface area contributed by atoms with Crippen LogP contribution in [0.5, 0.6) is 11.5 Å². The van der Waals surface area contributed by atoms with Gasteiger partial charge in [0.05, 0.1) is 12.2 Å². The molecule has 2 aromatic carbocycles. The van der Waals surface area contributed by atoms with Crippen molar-refractivity contribution < 1.29 is 37.0 Å². The first-order valence-electron chi connectivity index (χ1n) is 11.2. The lowest BCUT2D eigenvalue weighted by atomic mass is 10.1. The molecule has 0 bridgehead atoms. The van der Waals surface area contributed by atoms with Gasteiger partial charge in [-0.15, -0.1) is 0 Å². The zero-order chi connectivity index (χ0) is 24.8. The molecule has 0 heterocycles. The summed E-state index contributed by atoms with van der Waals surface area (Å²) in [4.78, 5) is 24.0. The highest BCUT2D eigenvalue weighted by Gasteiger charge is 2.28. The molecule has 5 nitrogen and oxygen atoms in total. The molecule has 2 rings (SSSR count). The highest BCUT2D eigenvalue weighted by Crippen LogP contribution is 2.20. The highest BCUT2D eigenvalue weighted by molar-refractivity contribution is 5.91. The van der Waals surface area contributed by atoms with E-state index in [0.29, 0.717) is 6.61 Å². The van der Waals surface area contributed by atoms with E-state index in [1.54, 1.807) is 30.3 Å². The first-order valence-corrected chi connectivity index (χ1v) is 11.2. The van der Waals surface area contributed by atoms with Crippen LogP contribution in [0.4, 0.5) is 13.2 Å². The summed E-state index contributed by atoms with van der Waals surface area (Å²) in [6, 6.07) is 11.7. The second-order valence-corrected chi connectivity index (χ2v) is 7.66. The average Bonchev–Trinajstić information content (AvgIpc) is 2.81. The molecule has 34 heavy (non-hydrogen) atoms. The van der Waals surface area contributed by atoms with E-state index in [0.717, 1.165) is 24.8 Å². The molecule has 0 unspecified atom stereocenters. The van der Waals surface area contributed by atoms with Crippen LogP contribution in [0.15, 0.2) is 54.6 Å². The van der Waals surface area contributed by atoms with Gasteiger partial charge >= 0.3 is 18.1 Å². The zero-order valence-electron chi connectivity index (χ0n) is 19.1. The molecule has 0 amide bonds. The average molecular weight is 479 g/mol. The molecule has 0 aromatic heterocycles. The Balaban J connectivity index is 1.75. The second kappa shape index (κ2) is 14.1. The van der Waals surface area contributed by atoms with Crippen LogP contribution >= 0.6 is 0 Å². The maximum atomic E-state index is 12.2. The lowest BCUT2D eigenvalue weighted by Crippen LogP contribution is -2.19. The normalized spacial score (nSPS) is 11.4. The number of unbranched alkanes of at least 4 members (excludes halogenated alkanes) is 5. The fourth-order valence-corrected chi connectivity index (χ4v) is 2.93. The van der Waals surface area contributed by atoms with Gasteiger partial charge in [-0.05, 0) is 54.5 Å². The number of carbonyl (C=O) groups excluding carboxylic acids is 2. The predicted molar refractivity (Wildman–Crippen MR) is 123 cm³/mol. The van der Waals surface area contributed by atoms with Crippen LogP contribution in [-0.4, -0.2) is 31.3 Å². The van der Waals surface area contributed by atoms with Gasteiger partial charge in [0, 0.05) is 6.08 Å². The van der Waals surface area contributed by atoms with Crippen molar-refractivity contribution in [1.82, 2.24) is 0 Å². The van der Waals surface area contributed by atoms with E-state index < -0.39 is 24.7 Å². The van der Waals surface area contributed by atoms with E-state index in [1.807, 2.05) is 0 Å². The van der Waals surface area contributed by atoms with E-state index >= 15 is 0 Å². The monoisotopic (exact) mass is 478 g/mol. The summed E-state index contributed by atoms with van der Waals surface area (Å²) >= 11 is 0. The molecule has 0 spiro atoms. The molecule has 8 heteroatoms. The van der Waals surface area contributed by atoms with Crippen molar-refractivity contribution in [2.75, 3.05) is 13.2 Å². The van der Waals surface area contributed by atoms with Gasteiger partial charge in [-0.25, -0.2) is 9.59 Å². The number of carbonyl (C=O) groups is 2. The summed E-state index contributed by atoms with van der Waals surface area (Å²) in [5, 5.41) is 0. The molecule has 0 saturated carbocycles. The topological polar surface area (TPSA) is 61.8 Å². The summed E-state index contributed by atoms with van der Waals surface area (Å²) in [5.41, 5.74) is 0.888. The summed E-state index contributed by atoms with van der Waals surface area (Å²) in [6.07, 6.45) is 5.21. The first-order chi connectivity index (χ1) is 16.3. The molecule has 0 saturated heterocycles. The number of benzene rings is 2. The SMILES string of the molecule is CCCCCCCCOC(=O)C=Cc1ccc(OC(=O)c2ccc(OCC(F)(F)F)cc2)cc1. The fraction of sp³-hybridized carbons (Fsp3) is 0.385. The fourth-order valence-electron chi connectivity index (χ4n) is 2.93. The molecule has 0 aliphatic carbocycles. The van der Waals surface area contributed by atoms with Crippen LogP contribution in [0.25, 0.3) is 6.08 Å². The van der Waals surface area contributed by atoms with Crippen molar-refractivity contribution in [3.63, 3.8) is 0 Å². The summed E-state index contributed by atoms with van der Waals surface area (Å²) < 4.78 is 51.6. The predicted octanol–water partition coefficient (Wildman–Crippen LogP) is 6.76. The van der Waals surface area contributed by atoms with Gasteiger partial charge in [0.25, 0.3) is 0 Å². The first kappa shape index (κ1) is 27.0. The Hall–Kier alpha value is -3.29. The third-order valence-corrected chi connectivity index (χ3v) is 4.74. The van der Waals surface area contributed by atoms with Gasteiger partial charge in [0.2, 0.25) is 0 Å². The maximum Gasteiger partial charge on any atom is 0.422 e. The Labute approximate surface area is 197 Å². The molecule has 2 aromatic rings. The molecule has 0 aliphatic rings.